The van der Waals surface area contributed by atoms with Crippen molar-refractivity contribution in [1.82, 2.24) is 15.2 Å². The number of amides is 1. The van der Waals surface area contributed by atoms with E-state index in [-0.39, 0.29) is 36.8 Å². The Hall–Kier alpha value is -0.930. The Bertz CT molecular complexity index is 726. The van der Waals surface area contributed by atoms with Crippen LogP contribution in [0.1, 0.15) is 27.1 Å². The van der Waals surface area contributed by atoms with Crippen molar-refractivity contribution in [2.75, 3.05) is 32.8 Å². The SMILES string of the molecule is Cl.Cl.NCc1nc(C(=O)NCC(c2ccccc2Cl)N2CCOCC2)cs1. The third-order valence-corrected chi connectivity index (χ3v) is 5.38. The first-order valence-electron chi connectivity index (χ1n) is 8.18. The van der Waals surface area contributed by atoms with Gasteiger partial charge in [-0.25, -0.2) is 4.98 Å². The molecule has 2 aromatic rings. The minimum atomic E-state index is -0.193. The fourth-order valence-corrected chi connectivity index (χ4v) is 3.78. The van der Waals surface area contributed by atoms with Crippen LogP contribution >= 0.6 is 47.8 Å². The fourth-order valence-electron chi connectivity index (χ4n) is 2.86. The van der Waals surface area contributed by atoms with Crippen molar-refractivity contribution in [1.29, 1.82) is 0 Å². The van der Waals surface area contributed by atoms with Gasteiger partial charge in [-0.1, -0.05) is 29.8 Å². The molecule has 3 N–H and O–H groups in total. The molecule has 27 heavy (non-hydrogen) atoms. The van der Waals surface area contributed by atoms with E-state index < -0.39 is 0 Å². The van der Waals surface area contributed by atoms with Gasteiger partial charge in [0.15, 0.2) is 0 Å². The zero-order valence-corrected chi connectivity index (χ0v) is 17.8. The normalized spacial score (nSPS) is 15.3. The standard InChI is InChI=1S/C17H21ClN4O2S.2ClH/c18-13-4-2-1-3-12(13)15(22-5-7-24-8-6-22)10-20-17(23)14-11-25-16(9-19)21-14;;/h1-4,11,15H,5-10,19H2,(H,20,23);2*1H. The second-order valence-electron chi connectivity index (χ2n) is 5.73. The molecule has 2 heterocycles. The lowest BCUT2D eigenvalue weighted by atomic mass is 10.0. The van der Waals surface area contributed by atoms with E-state index in [4.69, 9.17) is 22.1 Å². The summed E-state index contributed by atoms with van der Waals surface area (Å²) in [5.74, 6) is -0.193. The first-order valence-corrected chi connectivity index (χ1v) is 9.43. The third-order valence-electron chi connectivity index (χ3n) is 4.17. The number of carbonyl (C=O) groups excluding carboxylic acids is 1. The number of hydrogen-bond donors (Lipinski definition) is 2. The van der Waals surface area contributed by atoms with Gasteiger partial charge in [-0.3, -0.25) is 9.69 Å². The number of thiazole rings is 1. The zero-order valence-electron chi connectivity index (χ0n) is 14.6. The van der Waals surface area contributed by atoms with Crippen molar-refractivity contribution in [2.45, 2.75) is 12.6 Å². The summed E-state index contributed by atoms with van der Waals surface area (Å²) in [4.78, 5) is 18.9. The number of carbonyl (C=O) groups is 1. The van der Waals surface area contributed by atoms with Crippen LogP contribution in [0.15, 0.2) is 29.6 Å². The van der Waals surface area contributed by atoms with Crippen LogP contribution in [0.25, 0.3) is 0 Å². The smallest absolute Gasteiger partial charge is 0.270 e. The molecule has 0 radical (unpaired) electrons. The van der Waals surface area contributed by atoms with Gasteiger partial charge in [0.05, 0.1) is 19.3 Å². The van der Waals surface area contributed by atoms with Gasteiger partial charge in [-0.15, -0.1) is 36.2 Å². The fraction of sp³-hybridized carbons (Fsp3) is 0.412. The summed E-state index contributed by atoms with van der Waals surface area (Å²) >= 11 is 7.79. The maximum absolute atomic E-state index is 12.4. The molecule has 1 aliphatic heterocycles. The second-order valence-corrected chi connectivity index (χ2v) is 7.08. The molecule has 1 amide bonds. The molecule has 150 valence electrons. The quantitative estimate of drug-likeness (QED) is 0.703. The summed E-state index contributed by atoms with van der Waals surface area (Å²) in [6.45, 7) is 3.77. The highest BCUT2D eigenvalue weighted by Crippen LogP contribution is 2.27. The molecule has 0 saturated carbocycles. The van der Waals surface area contributed by atoms with Crippen molar-refractivity contribution in [3.8, 4) is 0 Å². The van der Waals surface area contributed by atoms with Gasteiger partial charge in [0, 0.05) is 36.6 Å². The molecule has 1 unspecified atom stereocenters. The van der Waals surface area contributed by atoms with Gasteiger partial charge < -0.3 is 15.8 Å². The van der Waals surface area contributed by atoms with Crippen molar-refractivity contribution in [3.63, 3.8) is 0 Å². The summed E-state index contributed by atoms with van der Waals surface area (Å²) < 4.78 is 5.44. The molecule has 6 nitrogen and oxygen atoms in total. The topological polar surface area (TPSA) is 80.5 Å². The van der Waals surface area contributed by atoms with E-state index in [1.807, 2.05) is 24.3 Å². The summed E-state index contributed by atoms with van der Waals surface area (Å²) in [5, 5.41) is 6.17. The summed E-state index contributed by atoms with van der Waals surface area (Å²) in [6, 6.07) is 7.74. The molecular formula is C17H23Cl3N4O2S. The van der Waals surface area contributed by atoms with E-state index in [0.717, 1.165) is 23.7 Å². The number of nitrogens with one attached hydrogen (secondary N) is 1. The van der Waals surface area contributed by atoms with E-state index in [9.17, 15) is 4.79 Å². The van der Waals surface area contributed by atoms with Crippen LogP contribution in [-0.4, -0.2) is 48.6 Å². The minimum absolute atomic E-state index is 0. The molecule has 0 spiro atoms. The van der Waals surface area contributed by atoms with Crippen LogP contribution in [0, 0.1) is 0 Å². The molecule has 3 rings (SSSR count). The summed E-state index contributed by atoms with van der Waals surface area (Å²) in [6.07, 6.45) is 0. The summed E-state index contributed by atoms with van der Waals surface area (Å²) in [5.41, 5.74) is 6.97. The zero-order chi connectivity index (χ0) is 17.6. The lowest BCUT2D eigenvalue weighted by molar-refractivity contribution is 0.0162. The van der Waals surface area contributed by atoms with Gasteiger partial charge in [0.1, 0.15) is 10.7 Å². The largest absolute Gasteiger partial charge is 0.379 e. The Kier molecular flexibility index (Phi) is 10.5. The van der Waals surface area contributed by atoms with Gasteiger partial charge in [0.25, 0.3) is 5.91 Å². The predicted octanol–water partition coefficient (Wildman–Crippen LogP) is 2.90. The average molecular weight is 454 g/mol. The Morgan fingerprint density at radius 3 is 2.67 bits per heavy atom. The van der Waals surface area contributed by atoms with Crippen molar-refractivity contribution in [3.05, 3.63) is 50.9 Å². The number of hydrogen-bond acceptors (Lipinski definition) is 6. The molecule has 1 aromatic carbocycles. The molecule has 1 aliphatic rings. The van der Waals surface area contributed by atoms with Crippen molar-refractivity contribution in [2.24, 2.45) is 5.73 Å². The average Bonchev–Trinajstić information content (AvgIpc) is 3.13. The molecule has 1 atom stereocenters. The molecule has 0 aliphatic carbocycles. The maximum Gasteiger partial charge on any atom is 0.270 e. The highest BCUT2D eigenvalue weighted by Gasteiger charge is 2.25. The van der Waals surface area contributed by atoms with Crippen molar-refractivity contribution < 1.29 is 9.53 Å². The van der Waals surface area contributed by atoms with E-state index in [2.05, 4.69) is 15.2 Å². The minimum Gasteiger partial charge on any atom is -0.379 e. The number of halogens is 3. The highest BCUT2D eigenvalue weighted by molar-refractivity contribution is 7.09. The van der Waals surface area contributed by atoms with Gasteiger partial charge >= 0.3 is 0 Å². The first-order chi connectivity index (χ1) is 12.2. The number of nitrogens with zero attached hydrogens (tertiary/aromatic N) is 2. The van der Waals surface area contributed by atoms with Gasteiger partial charge in [-0.05, 0) is 11.6 Å². The van der Waals surface area contributed by atoms with E-state index >= 15 is 0 Å². The van der Waals surface area contributed by atoms with Crippen molar-refractivity contribution >= 4 is 53.7 Å². The number of rotatable bonds is 6. The maximum atomic E-state index is 12.4. The highest BCUT2D eigenvalue weighted by atomic mass is 35.5. The lowest BCUT2D eigenvalue weighted by Gasteiger charge is -2.35. The van der Waals surface area contributed by atoms with E-state index in [1.54, 1.807) is 5.38 Å². The molecule has 1 aromatic heterocycles. The second kappa shape index (κ2) is 11.8. The van der Waals surface area contributed by atoms with Crippen LogP contribution in [0.5, 0.6) is 0 Å². The molecular weight excluding hydrogens is 431 g/mol. The van der Waals surface area contributed by atoms with Crippen LogP contribution in [-0.2, 0) is 11.3 Å². The Labute approximate surface area is 180 Å². The van der Waals surface area contributed by atoms with Gasteiger partial charge in [0.2, 0.25) is 0 Å². The van der Waals surface area contributed by atoms with Gasteiger partial charge in [-0.2, -0.15) is 0 Å². The van der Waals surface area contributed by atoms with Crippen LogP contribution in [0.2, 0.25) is 5.02 Å². The molecule has 1 saturated heterocycles. The van der Waals surface area contributed by atoms with E-state index in [0.29, 0.717) is 37.0 Å². The van der Waals surface area contributed by atoms with Crippen LogP contribution < -0.4 is 11.1 Å². The number of ether oxygens (including phenoxy) is 1. The molecule has 10 heteroatoms. The van der Waals surface area contributed by atoms with Crippen LogP contribution in [0.4, 0.5) is 0 Å². The number of benzene rings is 1. The summed E-state index contributed by atoms with van der Waals surface area (Å²) in [7, 11) is 0. The van der Waals surface area contributed by atoms with E-state index in [1.165, 1.54) is 11.3 Å². The third kappa shape index (κ3) is 6.29. The number of nitrogens with two attached hydrogens (primary N) is 1. The van der Waals surface area contributed by atoms with Crippen LogP contribution in [0.3, 0.4) is 0 Å². The molecule has 1 fully saturated rings. The Morgan fingerprint density at radius 1 is 1.33 bits per heavy atom. The Morgan fingerprint density at radius 2 is 2.04 bits per heavy atom. The number of aromatic nitrogens is 1. The monoisotopic (exact) mass is 452 g/mol. The Balaban J connectivity index is 0.00000182. The lowest BCUT2D eigenvalue weighted by Crippen LogP contribution is -2.44. The first kappa shape index (κ1) is 24.1. The number of morpholine rings is 1. The molecule has 0 bridgehead atoms. The predicted molar refractivity (Wildman–Crippen MR) is 113 cm³/mol.